The highest BCUT2D eigenvalue weighted by molar-refractivity contribution is 5.16. The van der Waals surface area contributed by atoms with Crippen LogP contribution in [0.3, 0.4) is 0 Å². The first-order valence-electron chi connectivity index (χ1n) is 8.13. The Hall–Kier alpha value is -1.16. The number of rotatable bonds is 6. The second kappa shape index (κ2) is 7.40. The zero-order valence-electron chi connectivity index (χ0n) is 13.9. The molecule has 0 saturated carbocycles. The van der Waals surface area contributed by atoms with E-state index >= 15 is 0 Å². The average Bonchev–Trinajstić information content (AvgIpc) is 2.55. The first-order chi connectivity index (χ1) is 10.5. The summed E-state index contributed by atoms with van der Waals surface area (Å²) in [5.74, 6) is 0. The van der Waals surface area contributed by atoms with Gasteiger partial charge >= 0.3 is 0 Å². The number of hydrogen-bond acceptors (Lipinski definition) is 3. The van der Waals surface area contributed by atoms with Crippen molar-refractivity contribution in [2.24, 2.45) is 5.41 Å². The van der Waals surface area contributed by atoms with Gasteiger partial charge in [0, 0.05) is 23.8 Å². The van der Waals surface area contributed by atoms with Gasteiger partial charge in [-0.05, 0) is 6.42 Å². The Labute approximate surface area is 134 Å². The van der Waals surface area contributed by atoms with Crippen molar-refractivity contribution < 1.29 is 14.6 Å². The summed E-state index contributed by atoms with van der Waals surface area (Å²) >= 11 is 0. The summed E-state index contributed by atoms with van der Waals surface area (Å²) in [7, 11) is 0. The van der Waals surface area contributed by atoms with Crippen LogP contribution in [-0.4, -0.2) is 23.4 Å². The average molecular weight is 304 g/mol. The van der Waals surface area contributed by atoms with Gasteiger partial charge in [0.25, 0.3) is 0 Å². The van der Waals surface area contributed by atoms with E-state index in [4.69, 9.17) is 9.47 Å². The van der Waals surface area contributed by atoms with Crippen molar-refractivity contribution in [3.8, 4) is 0 Å². The number of hydrogen-bond donors (Lipinski definition) is 1. The molecule has 0 aliphatic carbocycles. The zero-order valence-corrected chi connectivity index (χ0v) is 13.9. The Kier molecular flexibility index (Phi) is 5.79. The van der Waals surface area contributed by atoms with Gasteiger partial charge < -0.3 is 14.6 Å². The monoisotopic (exact) mass is 304 g/mol. The predicted octanol–water partition coefficient (Wildman–Crippen LogP) is 4.23. The van der Waals surface area contributed by atoms with Crippen LogP contribution in [0.25, 0.3) is 0 Å². The number of ether oxygens (including phenoxy) is 2. The lowest BCUT2D eigenvalue weighted by molar-refractivity contribution is -0.253. The van der Waals surface area contributed by atoms with Crippen LogP contribution < -0.4 is 0 Å². The minimum Gasteiger partial charge on any atom is -0.392 e. The van der Waals surface area contributed by atoms with E-state index in [0.717, 1.165) is 18.4 Å². The molecule has 122 valence electrons. The first kappa shape index (κ1) is 17.2. The molecule has 0 unspecified atom stereocenters. The lowest BCUT2D eigenvalue weighted by Gasteiger charge is -2.38. The largest absolute Gasteiger partial charge is 0.392 e. The fraction of sp³-hybridized carbons (Fsp3) is 0.579. The van der Waals surface area contributed by atoms with E-state index in [1.54, 1.807) is 0 Å². The second-order valence-corrected chi connectivity index (χ2v) is 6.68. The van der Waals surface area contributed by atoms with Crippen molar-refractivity contribution >= 4 is 0 Å². The molecule has 0 radical (unpaired) electrons. The standard InChI is InChI=1S/C19H28O3/c1-5-15-12-16(13-17(20)19(3,4)6-2)22-18(21-15)14-10-8-7-9-11-14/h6-11,15-18,20H,2,5,12-13H2,1,3-4H3/t15-,16-,17+,18-/m1/s1. The van der Waals surface area contributed by atoms with Crippen molar-refractivity contribution in [1.29, 1.82) is 0 Å². The van der Waals surface area contributed by atoms with Crippen LogP contribution in [0.15, 0.2) is 43.0 Å². The van der Waals surface area contributed by atoms with Crippen LogP contribution in [-0.2, 0) is 9.47 Å². The van der Waals surface area contributed by atoms with Crippen molar-refractivity contribution in [3.63, 3.8) is 0 Å². The summed E-state index contributed by atoms with van der Waals surface area (Å²) in [6.45, 7) is 9.93. The molecule has 22 heavy (non-hydrogen) atoms. The van der Waals surface area contributed by atoms with E-state index in [-0.39, 0.29) is 23.9 Å². The van der Waals surface area contributed by atoms with Crippen LogP contribution in [0.4, 0.5) is 0 Å². The van der Waals surface area contributed by atoms with Gasteiger partial charge in [0.2, 0.25) is 0 Å². The van der Waals surface area contributed by atoms with Crippen LogP contribution >= 0.6 is 0 Å². The van der Waals surface area contributed by atoms with Crippen LogP contribution in [0.5, 0.6) is 0 Å². The van der Waals surface area contributed by atoms with Gasteiger partial charge in [0.05, 0.1) is 18.3 Å². The Morgan fingerprint density at radius 2 is 1.91 bits per heavy atom. The number of aliphatic hydroxyl groups excluding tert-OH is 1. The van der Waals surface area contributed by atoms with Crippen molar-refractivity contribution in [3.05, 3.63) is 48.6 Å². The third-order valence-corrected chi connectivity index (χ3v) is 4.56. The molecule has 4 atom stereocenters. The molecule has 1 N–H and O–H groups in total. The van der Waals surface area contributed by atoms with E-state index < -0.39 is 6.10 Å². The third kappa shape index (κ3) is 4.19. The highest BCUT2D eigenvalue weighted by atomic mass is 16.7. The Morgan fingerprint density at radius 1 is 1.27 bits per heavy atom. The molecule has 1 aromatic carbocycles. The van der Waals surface area contributed by atoms with Gasteiger partial charge in [-0.3, -0.25) is 0 Å². The molecule has 2 rings (SSSR count). The van der Waals surface area contributed by atoms with Crippen molar-refractivity contribution in [2.75, 3.05) is 0 Å². The van der Waals surface area contributed by atoms with E-state index in [2.05, 4.69) is 13.5 Å². The van der Waals surface area contributed by atoms with Crippen molar-refractivity contribution in [2.45, 2.75) is 64.6 Å². The highest BCUT2D eigenvalue weighted by Gasteiger charge is 2.34. The summed E-state index contributed by atoms with van der Waals surface area (Å²) in [6.07, 6.45) is 3.53. The smallest absolute Gasteiger partial charge is 0.184 e. The minimum atomic E-state index is -0.470. The second-order valence-electron chi connectivity index (χ2n) is 6.68. The zero-order chi connectivity index (χ0) is 16.2. The predicted molar refractivity (Wildman–Crippen MR) is 88.4 cm³/mol. The summed E-state index contributed by atoms with van der Waals surface area (Å²) in [5.41, 5.74) is 0.717. The van der Waals surface area contributed by atoms with Crippen LogP contribution in [0.2, 0.25) is 0 Å². The maximum absolute atomic E-state index is 10.5. The summed E-state index contributed by atoms with van der Waals surface area (Å²) in [4.78, 5) is 0. The molecule has 1 aliphatic heterocycles. The molecule has 1 aliphatic rings. The Morgan fingerprint density at radius 3 is 2.50 bits per heavy atom. The molecular formula is C19H28O3. The number of benzene rings is 1. The Bertz CT molecular complexity index is 469. The fourth-order valence-corrected chi connectivity index (χ4v) is 2.66. The lowest BCUT2D eigenvalue weighted by Crippen LogP contribution is -2.38. The summed E-state index contributed by atoms with van der Waals surface area (Å²) < 4.78 is 12.1. The van der Waals surface area contributed by atoms with Crippen LogP contribution in [0.1, 0.15) is 51.9 Å². The highest BCUT2D eigenvalue weighted by Crippen LogP contribution is 2.35. The van der Waals surface area contributed by atoms with Gasteiger partial charge in [-0.25, -0.2) is 0 Å². The molecule has 0 amide bonds. The van der Waals surface area contributed by atoms with Gasteiger partial charge in [-0.2, -0.15) is 0 Å². The number of aliphatic hydroxyl groups is 1. The molecule has 0 aromatic heterocycles. The molecule has 3 nitrogen and oxygen atoms in total. The first-order valence-corrected chi connectivity index (χ1v) is 8.13. The molecule has 1 aromatic rings. The lowest BCUT2D eigenvalue weighted by atomic mass is 9.83. The molecule has 0 spiro atoms. The molecule has 1 heterocycles. The quantitative estimate of drug-likeness (QED) is 0.799. The van der Waals surface area contributed by atoms with Gasteiger partial charge in [0.1, 0.15) is 0 Å². The van der Waals surface area contributed by atoms with Gasteiger partial charge in [-0.1, -0.05) is 57.2 Å². The Balaban J connectivity index is 2.07. The fourth-order valence-electron chi connectivity index (χ4n) is 2.66. The summed E-state index contributed by atoms with van der Waals surface area (Å²) in [6, 6.07) is 10.00. The van der Waals surface area contributed by atoms with E-state index in [1.165, 1.54) is 0 Å². The topological polar surface area (TPSA) is 38.7 Å². The van der Waals surface area contributed by atoms with E-state index in [9.17, 15) is 5.11 Å². The SMILES string of the molecule is C=CC(C)(C)[C@@H](O)C[C@H]1C[C@@H](CC)O[C@@H](c2ccccc2)O1. The molecule has 1 fully saturated rings. The summed E-state index contributed by atoms with van der Waals surface area (Å²) in [5, 5.41) is 10.5. The van der Waals surface area contributed by atoms with E-state index in [0.29, 0.717) is 6.42 Å². The third-order valence-electron chi connectivity index (χ3n) is 4.56. The van der Waals surface area contributed by atoms with E-state index in [1.807, 2.05) is 50.3 Å². The minimum absolute atomic E-state index is 0.00173. The molecule has 1 saturated heterocycles. The van der Waals surface area contributed by atoms with Gasteiger partial charge in [0.15, 0.2) is 6.29 Å². The maximum Gasteiger partial charge on any atom is 0.184 e. The van der Waals surface area contributed by atoms with Crippen LogP contribution in [0, 0.1) is 5.41 Å². The normalized spacial score (nSPS) is 27.4. The molecular weight excluding hydrogens is 276 g/mol. The molecule has 3 heteroatoms. The maximum atomic E-state index is 10.5. The molecule has 0 bridgehead atoms. The van der Waals surface area contributed by atoms with Gasteiger partial charge in [-0.15, -0.1) is 6.58 Å². The van der Waals surface area contributed by atoms with Crippen molar-refractivity contribution in [1.82, 2.24) is 0 Å².